The molecule has 0 aliphatic carbocycles. The van der Waals surface area contributed by atoms with Crippen LogP contribution in [0.2, 0.25) is 5.02 Å². The number of halogens is 1. The van der Waals surface area contributed by atoms with Crippen LogP contribution in [-0.4, -0.2) is 12.4 Å². The molecule has 20 heavy (non-hydrogen) atoms. The standard InChI is InChI=1S/C16H18ClNOS/c17-15-7-5-13(6-8-15)12-20-10-9-19-16-4-2-1-3-14(16)11-18/h1-8H,9-12,18H2. The Balaban J connectivity index is 1.70. The predicted molar refractivity (Wildman–Crippen MR) is 87.4 cm³/mol. The number of thioether (sulfide) groups is 1. The lowest BCUT2D eigenvalue weighted by atomic mass is 10.2. The van der Waals surface area contributed by atoms with Gasteiger partial charge in [-0.05, 0) is 23.8 Å². The van der Waals surface area contributed by atoms with E-state index in [1.54, 1.807) is 0 Å². The molecule has 0 saturated carbocycles. The van der Waals surface area contributed by atoms with Crippen LogP contribution in [0.25, 0.3) is 0 Å². The minimum absolute atomic E-state index is 0.508. The Labute approximate surface area is 129 Å². The maximum Gasteiger partial charge on any atom is 0.123 e. The highest BCUT2D eigenvalue weighted by atomic mass is 35.5. The number of para-hydroxylation sites is 1. The summed E-state index contributed by atoms with van der Waals surface area (Å²) in [6.45, 7) is 1.20. The van der Waals surface area contributed by atoms with Crippen LogP contribution in [0.15, 0.2) is 48.5 Å². The summed E-state index contributed by atoms with van der Waals surface area (Å²) < 4.78 is 5.76. The van der Waals surface area contributed by atoms with Gasteiger partial charge in [0.15, 0.2) is 0 Å². The second kappa shape index (κ2) is 8.20. The summed E-state index contributed by atoms with van der Waals surface area (Å²) in [5, 5.41) is 0.778. The summed E-state index contributed by atoms with van der Waals surface area (Å²) in [6, 6.07) is 15.9. The summed E-state index contributed by atoms with van der Waals surface area (Å²) in [4.78, 5) is 0. The van der Waals surface area contributed by atoms with Crippen molar-refractivity contribution < 1.29 is 4.74 Å². The van der Waals surface area contributed by atoms with Crippen LogP contribution in [0.4, 0.5) is 0 Å². The van der Waals surface area contributed by atoms with Crippen molar-refractivity contribution in [1.82, 2.24) is 0 Å². The van der Waals surface area contributed by atoms with Gasteiger partial charge in [0, 0.05) is 28.6 Å². The number of hydrogen-bond acceptors (Lipinski definition) is 3. The SMILES string of the molecule is NCc1ccccc1OCCSCc1ccc(Cl)cc1. The monoisotopic (exact) mass is 307 g/mol. The molecule has 106 valence electrons. The van der Waals surface area contributed by atoms with Gasteiger partial charge in [-0.3, -0.25) is 0 Å². The highest BCUT2D eigenvalue weighted by Gasteiger charge is 2.00. The van der Waals surface area contributed by atoms with Gasteiger partial charge in [-0.25, -0.2) is 0 Å². The number of rotatable bonds is 7. The Kier molecular flexibility index (Phi) is 6.25. The normalized spacial score (nSPS) is 10.5. The van der Waals surface area contributed by atoms with E-state index in [9.17, 15) is 0 Å². The maximum atomic E-state index is 5.85. The number of benzene rings is 2. The lowest BCUT2D eigenvalue weighted by Crippen LogP contribution is -2.05. The van der Waals surface area contributed by atoms with E-state index in [0.29, 0.717) is 13.2 Å². The molecule has 0 aliphatic heterocycles. The van der Waals surface area contributed by atoms with Gasteiger partial charge in [-0.1, -0.05) is 41.9 Å². The third-order valence-corrected chi connectivity index (χ3v) is 4.10. The van der Waals surface area contributed by atoms with Crippen molar-refractivity contribution >= 4 is 23.4 Å². The topological polar surface area (TPSA) is 35.2 Å². The van der Waals surface area contributed by atoms with Gasteiger partial charge in [0.2, 0.25) is 0 Å². The number of hydrogen-bond donors (Lipinski definition) is 1. The third kappa shape index (κ3) is 4.75. The average Bonchev–Trinajstić information content (AvgIpc) is 2.49. The van der Waals surface area contributed by atoms with Crippen molar-refractivity contribution in [2.24, 2.45) is 5.73 Å². The molecule has 0 amide bonds. The van der Waals surface area contributed by atoms with Crippen LogP contribution in [0, 0.1) is 0 Å². The highest BCUT2D eigenvalue weighted by Crippen LogP contribution is 2.18. The van der Waals surface area contributed by atoms with Crippen LogP contribution >= 0.6 is 23.4 Å². The van der Waals surface area contributed by atoms with Crippen molar-refractivity contribution in [1.29, 1.82) is 0 Å². The first-order valence-electron chi connectivity index (χ1n) is 6.52. The lowest BCUT2D eigenvalue weighted by molar-refractivity contribution is 0.340. The molecular formula is C16H18ClNOS. The zero-order chi connectivity index (χ0) is 14.2. The first-order valence-corrected chi connectivity index (χ1v) is 8.06. The minimum atomic E-state index is 0.508. The molecular weight excluding hydrogens is 290 g/mol. The van der Waals surface area contributed by atoms with Gasteiger partial charge in [0.1, 0.15) is 5.75 Å². The molecule has 2 nitrogen and oxygen atoms in total. The quantitative estimate of drug-likeness (QED) is 0.782. The number of nitrogens with two attached hydrogens (primary N) is 1. The maximum absolute atomic E-state index is 5.85. The Morgan fingerprint density at radius 3 is 2.55 bits per heavy atom. The summed E-state index contributed by atoms with van der Waals surface area (Å²) in [5.74, 6) is 2.81. The lowest BCUT2D eigenvalue weighted by Gasteiger charge is -2.09. The van der Waals surface area contributed by atoms with Crippen LogP contribution in [0.3, 0.4) is 0 Å². The summed E-state index contributed by atoms with van der Waals surface area (Å²) >= 11 is 7.70. The predicted octanol–water partition coefficient (Wildman–Crippen LogP) is 4.11. The van der Waals surface area contributed by atoms with Crippen molar-refractivity contribution in [2.75, 3.05) is 12.4 Å². The molecule has 4 heteroatoms. The van der Waals surface area contributed by atoms with E-state index in [0.717, 1.165) is 27.8 Å². The summed E-state index contributed by atoms with van der Waals surface area (Å²) in [6.07, 6.45) is 0. The van der Waals surface area contributed by atoms with E-state index in [1.165, 1.54) is 5.56 Å². The molecule has 2 rings (SSSR count). The van der Waals surface area contributed by atoms with Crippen LogP contribution in [0.1, 0.15) is 11.1 Å². The Bertz CT molecular complexity index is 530. The Morgan fingerprint density at radius 1 is 1.05 bits per heavy atom. The van der Waals surface area contributed by atoms with Crippen molar-refractivity contribution in [3.05, 3.63) is 64.7 Å². The molecule has 0 bridgehead atoms. The third-order valence-electron chi connectivity index (χ3n) is 2.86. The minimum Gasteiger partial charge on any atom is -0.492 e. The second-order valence-corrected chi connectivity index (χ2v) is 5.88. The molecule has 0 unspecified atom stereocenters. The van der Waals surface area contributed by atoms with E-state index in [1.807, 2.05) is 48.2 Å². The zero-order valence-corrected chi connectivity index (χ0v) is 12.8. The van der Waals surface area contributed by atoms with Crippen LogP contribution in [-0.2, 0) is 12.3 Å². The van der Waals surface area contributed by atoms with Crippen LogP contribution in [0.5, 0.6) is 5.75 Å². The van der Waals surface area contributed by atoms with Gasteiger partial charge < -0.3 is 10.5 Å². The molecule has 0 radical (unpaired) electrons. The fourth-order valence-electron chi connectivity index (χ4n) is 1.79. The average molecular weight is 308 g/mol. The fraction of sp³-hybridized carbons (Fsp3) is 0.250. The second-order valence-electron chi connectivity index (χ2n) is 4.34. The molecule has 0 aromatic heterocycles. The molecule has 2 aromatic carbocycles. The first kappa shape index (κ1) is 15.2. The van der Waals surface area contributed by atoms with E-state index in [2.05, 4.69) is 12.1 Å². The van der Waals surface area contributed by atoms with Gasteiger partial charge >= 0.3 is 0 Å². The Hall–Kier alpha value is -1.16. The molecule has 0 fully saturated rings. The Morgan fingerprint density at radius 2 is 1.80 bits per heavy atom. The molecule has 2 N–H and O–H groups in total. The van der Waals surface area contributed by atoms with Gasteiger partial charge in [0.05, 0.1) is 6.61 Å². The molecule has 2 aromatic rings. The van der Waals surface area contributed by atoms with Crippen molar-refractivity contribution in [3.63, 3.8) is 0 Å². The van der Waals surface area contributed by atoms with Crippen molar-refractivity contribution in [3.8, 4) is 5.75 Å². The fourth-order valence-corrected chi connectivity index (χ4v) is 2.69. The zero-order valence-electron chi connectivity index (χ0n) is 11.2. The molecule has 0 aliphatic rings. The molecule has 0 saturated heterocycles. The van der Waals surface area contributed by atoms with Gasteiger partial charge in [0.25, 0.3) is 0 Å². The van der Waals surface area contributed by atoms with Crippen molar-refractivity contribution in [2.45, 2.75) is 12.3 Å². The first-order chi connectivity index (χ1) is 9.79. The molecule has 0 spiro atoms. The van der Waals surface area contributed by atoms with E-state index in [-0.39, 0.29) is 0 Å². The van der Waals surface area contributed by atoms with Gasteiger partial charge in [-0.15, -0.1) is 0 Å². The summed E-state index contributed by atoms with van der Waals surface area (Å²) in [5.41, 5.74) is 8.00. The summed E-state index contributed by atoms with van der Waals surface area (Å²) in [7, 11) is 0. The smallest absolute Gasteiger partial charge is 0.123 e. The van der Waals surface area contributed by atoms with Crippen LogP contribution < -0.4 is 10.5 Å². The van der Waals surface area contributed by atoms with Gasteiger partial charge in [-0.2, -0.15) is 11.8 Å². The van der Waals surface area contributed by atoms with E-state index >= 15 is 0 Å². The van der Waals surface area contributed by atoms with E-state index in [4.69, 9.17) is 22.1 Å². The highest BCUT2D eigenvalue weighted by molar-refractivity contribution is 7.98. The molecule has 0 heterocycles. The molecule has 0 atom stereocenters. The largest absolute Gasteiger partial charge is 0.492 e. The van der Waals surface area contributed by atoms with E-state index < -0.39 is 0 Å². The number of ether oxygens (including phenoxy) is 1.